The van der Waals surface area contributed by atoms with Crippen LogP contribution in [0.2, 0.25) is 0 Å². The lowest BCUT2D eigenvalue weighted by molar-refractivity contribution is 0.301. The van der Waals surface area contributed by atoms with Crippen molar-refractivity contribution in [3.05, 3.63) is 60.2 Å². The molecule has 20 heavy (non-hydrogen) atoms. The largest absolute Gasteiger partial charge is 0.497 e. The Hall–Kier alpha value is -2.26. The van der Waals surface area contributed by atoms with Gasteiger partial charge in [-0.1, -0.05) is 18.2 Å². The van der Waals surface area contributed by atoms with Crippen molar-refractivity contribution in [2.75, 3.05) is 12.2 Å². The molecule has 0 spiro atoms. The number of nitrogens with zero attached hydrogens (tertiary/aromatic N) is 1. The summed E-state index contributed by atoms with van der Waals surface area (Å²) in [6, 6.07) is 15.0. The van der Waals surface area contributed by atoms with Gasteiger partial charge in [0.05, 0.1) is 18.5 Å². The van der Waals surface area contributed by atoms with Gasteiger partial charge in [-0.25, -0.2) is 5.06 Å². The third-order valence-electron chi connectivity index (χ3n) is 3.32. The fraction of sp³-hybridized carbons (Fsp3) is 0.176. The van der Waals surface area contributed by atoms with Gasteiger partial charge in [0.1, 0.15) is 5.75 Å². The van der Waals surface area contributed by atoms with Crippen LogP contribution in [0, 0.1) is 0 Å². The van der Waals surface area contributed by atoms with E-state index in [-0.39, 0.29) is 0 Å². The Morgan fingerprint density at radius 2 is 1.50 bits per heavy atom. The van der Waals surface area contributed by atoms with E-state index < -0.39 is 0 Å². The van der Waals surface area contributed by atoms with Gasteiger partial charge < -0.3 is 4.74 Å². The van der Waals surface area contributed by atoms with Gasteiger partial charge in [-0.2, -0.15) is 0 Å². The standard InChI is InChI=1S/C17H19NO2/c1-4-13(2)14-5-7-15(8-6-14)18(19)16-9-11-17(20-3)12-10-16/h4-12,19H,1-3H3/b13-4-. The number of ether oxygens (including phenoxy) is 1. The molecule has 2 aromatic carbocycles. The molecule has 1 N–H and O–H groups in total. The van der Waals surface area contributed by atoms with E-state index in [1.165, 1.54) is 5.57 Å². The average molecular weight is 269 g/mol. The normalized spacial score (nSPS) is 11.3. The summed E-state index contributed by atoms with van der Waals surface area (Å²) in [4.78, 5) is 0. The van der Waals surface area contributed by atoms with Crippen LogP contribution in [0.3, 0.4) is 0 Å². The van der Waals surface area contributed by atoms with Crippen LogP contribution in [-0.4, -0.2) is 12.3 Å². The highest BCUT2D eigenvalue weighted by Gasteiger charge is 2.06. The van der Waals surface area contributed by atoms with Crippen molar-refractivity contribution in [2.24, 2.45) is 0 Å². The minimum absolute atomic E-state index is 0.696. The Balaban J connectivity index is 2.21. The molecule has 0 fully saturated rings. The van der Waals surface area contributed by atoms with E-state index in [9.17, 15) is 5.21 Å². The lowest BCUT2D eigenvalue weighted by atomic mass is 10.1. The molecule has 0 radical (unpaired) electrons. The molecule has 0 amide bonds. The van der Waals surface area contributed by atoms with E-state index >= 15 is 0 Å². The fourth-order valence-corrected chi connectivity index (χ4v) is 1.90. The van der Waals surface area contributed by atoms with Crippen molar-refractivity contribution in [3.63, 3.8) is 0 Å². The van der Waals surface area contributed by atoms with Crippen molar-refractivity contribution in [3.8, 4) is 5.75 Å². The highest BCUT2D eigenvalue weighted by molar-refractivity contribution is 5.67. The first-order chi connectivity index (χ1) is 9.65. The predicted molar refractivity (Wildman–Crippen MR) is 82.7 cm³/mol. The number of anilines is 2. The molecule has 0 saturated heterocycles. The molecule has 2 aromatic rings. The molecule has 0 heterocycles. The minimum Gasteiger partial charge on any atom is -0.497 e. The van der Waals surface area contributed by atoms with Crippen molar-refractivity contribution in [1.29, 1.82) is 0 Å². The van der Waals surface area contributed by atoms with Crippen LogP contribution in [0.25, 0.3) is 5.57 Å². The molecule has 2 rings (SSSR count). The average Bonchev–Trinajstić information content (AvgIpc) is 2.53. The van der Waals surface area contributed by atoms with E-state index in [1.807, 2.05) is 55.5 Å². The quantitative estimate of drug-likeness (QED) is 0.820. The molecule has 0 atom stereocenters. The van der Waals surface area contributed by atoms with Crippen LogP contribution in [0.5, 0.6) is 5.75 Å². The Bertz CT molecular complexity index is 585. The monoisotopic (exact) mass is 269 g/mol. The first-order valence-electron chi connectivity index (χ1n) is 6.52. The van der Waals surface area contributed by atoms with Gasteiger partial charge in [0.15, 0.2) is 0 Å². The van der Waals surface area contributed by atoms with Crippen molar-refractivity contribution in [1.82, 2.24) is 0 Å². The fourth-order valence-electron chi connectivity index (χ4n) is 1.90. The smallest absolute Gasteiger partial charge is 0.119 e. The maximum absolute atomic E-state index is 10.2. The van der Waals surface area contributed by atoms with E-state index in [1.54, 1.807) is 7.11 Å². The third kappa shape index (κ3) is 3.00. The summed E-state index contributed by atoms with van der Waals surface area (Å²) < 4.78 is 5.10. The summed E-state index contributed by atoms with van der Waals surface area (Å²) in [5.74, 6) is 0.765. The molecule has 3 heteroatoms. The zero-order valence-corrected chi connectivity index (χ0v) is 12.0. The molecule has 0 unspecified atom stereocenters. The van der Waals surface area contributed by atoms with E-state index in [0.717, 1.165) is 22.1 Å². The summed E-state index contributed by atoms with van der Waals surface area (Å²) >= 11 is 0. The number of hydrogen-bond acceptors (Lipinski definition) is 3. The molecule has 3 nitrogen and oxygen atoms in total. The molecule has 104 valence electrons. The zero-order chi connectivity index (χ0) is 14.5. The molecule has 0 aliphatic heterocycles. The molecule has 0 saturated carbocycles. The molecule has 0 aromatic heterocycles. The summed E-state index contributed by atoms with van der Waals surface area (Å²) in [6.45, 7) is 4.08. The first kappa shape index (κ1) is 14.2. The molecule has 0 bridgehead atoms. The van der Waals surface area contributed by atoms with Crippen LogP contribution in [0.4, 0.5) is 11.4 Å². The highest BCUT2D eigenvalue weighted by atomic mass is 16.5. The summed E-state index contributed by atoms with van der Waals surface area (Å²) in [5, 5.41) is 11.4. The lowest BCUT2D eigenvalue weighted by Gasteiger charge is -2.17. The Kier molecular flexibility index (Phi) is 4.43. The van der Waals surface area contributed by atoms with Crippen LogP contribution < -0.4 is 9.80 Å². The van der Waals surface area contributed by atoms with Gasteiger partial charge in [-0.3, -0.25) is 5.21 Å². The topological polar surface area (TPSA) is 32.7 Å². The SMILES string of the molecule is C/C=C(/C)c1ccc(N(O)c2ccc(OC)cc2)cc1. The molecule has 0 aliphatic carbocycles. The second kappa shape index (κ2) is 6.26. The highest BCUT2D eigenvalue weighted by Crippen LogP contribution is 2.26. The Labute approximate surface area is 119 Å². The maximum Gasteiger partial charge on any atom is 0.119 e. The van der Waals surface area contributed by atoms with Gasteiger partial charge in [-0.05, 0) is 61.4 Å². The minimum atomic E-state index is 0.696. The van der Waals surface area contributed by atoms with E-state index in [2.05, 4.69) is 13.0 Å². The number of rotatable bonds is 4. The van der Waals surface area contributed by atoms with Gasteiger partial charge in [-0.15, -0.1) is 0 Å². The third-order valence-corrected chi connectivity index (χ3v) is 3.32. The van der Waals surface area contributed by atoms with Gasteiger partial charge in [0.2, 0.25) is 0 Å². The zero-order valence-electron chi connectivity index (χ0n) is 12.0. The number of benzene rings is 2. The second-order valence-electron chi connectivity index (χ2n) is 4.53. The second-order valence-corrected chi connectivity index (χ2v) is 4.53. The van der Waals surface area contributed by atoms with Crippen molar-refractivity contribution >= 4 is 16.9 Å². The molecule has 0 aliphatic rings. The van der Waals surface area contributed by atoms with Gasteiger partial charge in [0, 0.05) is 0 Å². The Morgan fingerprint density at radius 1 is 1.00 bits per heavy atom. The van der Waals surface area contributed by atoms with Gasteiger partial charge in [0.25, 0.3) is 0 Å². The summed E-state index contributed by atoms with van der Waals surface area (Å²) in [5.41, 5.74) is 3.79. The van der Waals surface area contributed by atoms with Crippen LogP contribution in [0.1, 0.15) is 19.4 Å². The number of hydrogen-bond donors (Lipinski definition) is 1. The molecular weight excluding hydrogens is 250 g/mol. The van der Waals surface area contributed by atoms with Crippen LogP contribution >= 0.6 is 0 Å². The maximum atomic E-state index is 10.2. The number of allylic oxidation sites excluding steroid dienone is 2. The van der Waals surface area contributed by atoms with E-state index in [4.69, 9.17) is 4.74 Å². The summed E-state index contributed by atoms with van der Waals surface area (Å²) in [7, 11) is 1.62. The van der Waals surface area contributed by atoms with Gasteiger partial charge >= 0.3 is 0 Å². The predicted octanol–water partition coefficient (Wildman–Crippen LogP) is 4.65. The Morgan fingerprint density at radius 3 is 1.95 bits per heavy atom. The summed E-state index contributed by atoms with van der Waals surface area (Å²) in [6.07, 6.45) is 2.06. The van der Waals surface area contributed by atoms with Crippen LogP contribution in [0.15, 0.2) is 54.6 Å². The lowest BCUT2D eigenvalue weighted by Crippen LogP contribution is -2.10. The van der Waals surface area contributed by atoms with E-state index in [0.29, 0.717) is 5.69 Å². The van der Waals surface area contributed by atoms with Crippen molar-refractivity contribution < 1.29 is 9.94 Å². The number of methoxy groups -OCH3 is 1. The van der Waals surface area contributed by atoms with Crippen LogP contribution in [-0.2, 0) is 0 Å². The van der Waals surface area contributed by atoms with Crippen molar-refractivity contribution in [2.45, 2.75) is 13.8 Å². The molecular formula is C17H19NO2. The first-order valence-corrected chi connectivity index (χ1v) is 6.52.